The lowest BCUT2D eigenvalue weighted by atomic mass is 10.3. The molecule has 0 fully saturated rings. The number of nitrogens with one attached hydrogen (secondary N) is 2. The molecule has 2 aromatic rings. The second-order valence-electron chi connectivity index (χ2n) is 4.49. The maximum absolute atomic E-state index is 5.62. The Morgan fingerprint density at radius 2 is 1.95 bits per heavy atom. The summed E-state index contributed by atoms with van der Waals surface area (Å²) in [4.78, 5) is 4.02. The summed E-state index contributed by atoms with van der Waals surface area (Å²) in [7, 11) is 0. The Hall–Kier alpha value is -2.14. The normalized spacial score (nSPS) is 9.90. The fourth-order valence-corrected chi connectivity index (χ4v) is 1.97. The number of rotatable bonds is 7. The van der Waals surface area contributed by atoms with Crippen LogP contribution in [0.4, 0.5) is 5.69 Å². The lowest BCUT2D eigenvalue weighted by molar-refractivity contribution is 0.307. The zero-order chi connectivity index (χ0) is 14.8. The number of ether oxygens (including phenoxy) is 1. The predicted molar refractivity (Wildman–Crippen MR) is 89.6 cm³/mol. The number of anilines is 1. The minimum absolute atomic E-state index is 0.618. The van der Waals surface area contributed by atoms with Crippen LogP contribution in [0.15, 0.2) is 54.9 Å². The number of aromatic nitrogens is 1. The maximum Gasteiger partial charge on any atom is 0.170 e. The van der Waals surface area contributed by atoms with Crippen LogP contribution in [0.1, 0.15) is 12.8 Å². The van der Waals surface area contributed by atoms with Gasteiger partial charge in [0.2, 0.25) is 0 Å². The van der Waals surface area contributed by atoms with Gasteiger partial charge in [0.25, 0.3) is 0 Å². The number of unbranched alkanes of at least 4 members (excludes halogenated alkanes) is 1. The van der Waals surface area contributed by atoms with Gasteiger partial charge in [-0.25, -0.2) is 0 Å². The molecule has 0 aliphatic rings. The molecule has 1 aromatic heterocycles. The molecule has 2 rings (SSSR count). The van der Waals surface area contributed by atoms with Gasteiger partial charge in [-0.1, -0.05) is 18.2 Å². The molecule has 0 amide bonds. The van der Waals surface area contributed by atoms with Crippen molar-refractivity contribution in [2.75, 3.05) is 18.5 Å². The highest BCUT2D eigenvalue weighted by molar-refractivity contribution is 7.80. The Labute approximate surface area is 130 Å². The molecule has 110 valence electrons. The molecule has 0 radical (unpaired) electrons. The van der Waals surface area contributed by atoms with E-state index in [1.807, 2.05) is 42.5 Å². The molecule has 1 heterocycles. The second-order valence-corrected chi connectivity index (χ2v) is 4.90. The van der Waals surface area contributed by atoms with Gasteiger partial charge in [0.15, 0.2) is 5.11 Å². The fourth-order valence-electron chi connectivity index (χ4n) is 1.75. The largest absolute Gasteiger partial charge is 0.494 e. The molecule has 0 aliphatic heterocycles. The minimum atomic E-state index is 0.618. The third kappa shape index (κ3) is 6.23. The first-order valence-electron chi connectivity index (χ1n) is 6.97. The summed E-state index contributed by atoms with van der Waals surface area (Å²) in [6.07, 6.45) is 5.45. The van der Waals surface area contributed by atoms with E-state index in [0.29, 0.717) is 11.7 Å². The number of nitrogens with zero attached hydrogens (tertiary/aromatic N) is 1. The number of benzene rings is 1. The van der Waals surface area contributed by atoms with Crippen LogP contribution < -0.4 is 15.4 Å². The van der Waals surface area contributed by atoms with Gasteiger partial charge in [-0.05, 0) is 49.3 Å². The van der Waals surface area contributed by atoms with Crippen LogP contribution in [0.5, 0.6) is 5.75 Å². The molecule has 0 saturated carbocycles. The topological polar surface area (TPSA) is 46.2 Å². The van der Waals surface area contributed by atoms with Gasteiger partial charge < -0.3 is 15.4 Å². The van der Waals surface area contributed by atoms with Gasteiger partial charge in [-0.2, -0.15) is 0 Å². The Morgan fingerprint density at radius 1 is 1.10 bits per heavy atom. The molecule has 2 N–H and O–H groups in total. The van der Waals surface area contributed by atoms with E-state index in [1.165, 1.54) is 0 Å². The van der Waals surface area contributed by atoms with E-state index >= 15 is 0 Å². The summed E-state index contributed by atoms with van der Waals surface area (Å²) in [5, 5.41) is 6.87. The van der Waals surface area contributed by atoms with Crippen LogP contribution in [0, 0.1) is 0 Å². The summed E-state index contributed by atoms with van der Waals surface area (Å²) >= 11 is 5.21. The fraction of sp³-hybridized carbons (Fsp3) is 0.250. The zero-order valence-electron chi connectivity index (χ0n) is 11.8. The minimum Gasteiger partial charge on any atom is -0.494 e. The van der Waals surface area contributed by atoms with Crippen LogP contribution in [0.25, 0.3) is 0 Å². The molecule has 1 aromatic carbocycles. The molecule has 5 heteroatoms. The van der Waals surface area contributed by atoms with Crippen molar-refractivity contribution in [3.05, 3.63) is 54.9 Å². The number of hydrogen-bond acceptors (Lipinski definition) is 3. The van der Waals surface area contributed by atoms with Crippen LogP contribution in [-0.4, -0.2) is 23.2 Å². The number of pyridine rings is 1. The molecule has 0 aliphatic carbocycles. The lowest BCUT2D eigenvalue weighted by Crippen LogP contribution is -2.29. The van der Waals surface area contributed by atoms with Crippen molar-refractivity contribution in [1.82, 2.24) is 10.3 Å². The molecule has 4 nitrogen and oxygen atoms in total. The monoisotopic (exact) mass is 301 g/mol. The van der Waals surface area contributed by atoms with Crippen molar-refractivity contribution in [2.24, 2.45) is 0 Å². The molecule has 0 spiro atoms. The third-order valence-corrected chi connectivity index (χ3v) is 3.03. The van der Waals surface area contributed by atoms with Gasteiger partial charge >= 0.3 is 0 Å². The van der Waals surface area contributed by atoms with Gasteiger partial charge in [-0.3, -0.25) is 4.98 Å². The van der Waals surface area contributed by atoms with Crippen molar-refractivity contribution in [3.8, 4) is 5.75 Å². The van der Waals surface area contributed by atoms with Crippen molar-refractivity contribution in [1.29, 1.82) is 0 Å². The van der Waals surface area contributed by atoms with Crippen molar-refractivity contribution >= 4 is 23.0 Å². The Morgan fingerprint density at radius 3 is 2.71 bits per heavy atom. The Kier molecular flexibility index (Phi) is 6.48. The Bertz CT molecular complexity index is 534. The summed E-state index contributed by atoms with van der Waals surface area (Å²) in [5.41, 5.74) is 0.891. The first-order chi connectivity index (χ1) is 10.3. The van der Waals surface area contributed by atoms with Gasteiger partial charge in [0.05, 0.1) is 18.5 Å². The lowest BCUT2D eigenvalue weighted by Gasteiger charge is -2.10. The van der Waals surface area contributed by atoms with E-state index in [-0.39, 0.29) is 0 Å². The highest BCUT2D eigenvalue weighted by Crippen LogP contribution is 2.08. The quantitative estimate of drug-likeness (QED) is 0.607. The van der Waals surface area contributed by atoms with Crippen LogP contribution in [0.3, 0.4) is 0 Å². The van der Waals surface area contributed by atoms with Crippen molar-refractivity contribution in [3.63, 3.8) is 0 Å². The van der Waals surface area contributed by atoms with E-state index in [9.17, 15) is 0 Å². The zero-order valence-corrected chi connectivity index (χ0v) is 12.6. The van der Waals surface area contributed by atoms with E-state index in [1.54, 1.807) is 12.4 Å². The number of hydrogen-bond donors (Lipinski definition) is 2. The highest BCUT2D eigenvalue weighted by Gasteiger charge is 1.97. The molecule has 0 unspecified atom stereocenters. The third-order valence-electron chi connectivity index (χ3n) is 2.79. The second kappa shape index (κ2) is 8.92. The Balaban J connectivity index is 1.52. The summed E-state index contributed by atoms with van der Waals surface area (Å²) in [5.74, 6) is 0.916. The van der Waals surface area contributed by atoms with Gasteiger partial charge in [0.1, 0.15) is 5.75 Å². The average molecular weight is 301 g/mol. The van der Waals surface area contributed by atoms with Crippen molar-refractivity contribution < 1.29 is 4.74 Å². The maximum atomic E-state index is 5.62. The highest BCUT2D eigenvalue weighted by atomic mass is 32.1. The number of para-hydroxylation sites is 1. The number of thiocarbonyl (C=S) groups is 1. The first-order valence-corrected chi connectivity index (χ1v) is 7.38. The van der Waals surface area contributed by atoms with E-state index in [4.69, 9.17) is 17.0 Å². The van der Waals surface area contributed by atoms with E-state index in [0.717, 1.165) is 30.8 Å². The first kappa shape index (κ1) is 15.3. The predicted octanol–water partition coefficient (Wildman–Crippen LogP) is 3.23. The van der Waals surface area contributed by atoms with Gasteiger partial charge in [0, 0.05) is 12.7 Å². The van der Waals surface area contributed by atoms with Crippen molar-refractivity contribution in [2.45, 2.75) is 12.8 Å². The molecule has 0 saturated heterocycles. The van der Waals surface area contributed by atoms with E-state index in [2.05, 4.69) is 15.6 Å². The standard InChI is InChI=1S/C16H19N3OS/c21-16(19-14-7-6-10-17-13-14)18-11-4-5-12-20-15-8-2-1-3-9-15/h1-3,6-10,13H,4-5,11-12H2,(H2,18,19,21). The SMILES string of the molecule is S=C(NCCCCOc1ccccc1)Nc1cccnc1. The molecular formula is C16H19N3OS. The average Bonchev–Trinajstić information content (AvgIpc) is 2.53. The van der Waals surface area contributed by atoms with Crippen LogP contribution >= 0.6 is 12.2 Å². The smallest absolute Gasteiger partial charge is 0.170 e. The summed E-state index contributed by atoms with van der Waals surface area (Å²) in [6, 6.07) is 13.6. The molecule has 0 atom stereocenters. The molecular weight excluding hydrogens is 282 g/mol. The summed E-state index contributed by atoms with van der Waals surface area (Å²) in [6.45, 7) is 1.54. The molecule has 21 heavy (non-hydrogen) atoms. The molecule has 0 bridgehead atoms. The van der Waals surface area contributed by atoms with E-state index < -0.39 is 0 Å². The van der Waals surface area contributed by atoms with Crippen LogP contribution in [0.2, 0.25) is 0 Å². The summed E-state index contributed by atoms with van der Waals surface area (Å²) < 4.78 is 5.62. The van der Waals surface area contributed by atoms with Crippen LogP contribution in [-0.2, 0) is 0 Å². The van der Waals surface area contributed by atoms with Gasteiger partial charge in [-0.15, -0.1) is 0 Å².